The molecule has 1 unspecified atom stereocenters. The van der Waals surface area contributed by atoms with Crippen molar-refractivity contribution in [3.63, 3.8) is 0 Å². The van der Waals surface area contributed by atoms with Gasteiger partial charge in [-0.15, -0.1) is 0 Å². The van der Waals surface area contributed by atoms with Crippen LogP contribution in [0.2, 0.25) is 0 Å². The molecule has 0 saturated heterocycles. The summed E-state index contributed by atoms with van der Waals surface area (Å²) in [4.78, 5) is 2.23. The molecule has 1 atom stereocenters. The maximum absolute atomic E-state index is 5.74. The van der Waals surface area contributed by atoms with E-state index >= 15 is 0 Å². The summed E-state index contributed by atoms with van der Waals surface area (Å²) in [6, 6.07) is 4.21. The highest BCUT2D eigenvalue weighted by Gasteiger charge is 2.17. The SMILES string of the molecule is CCCN(C)C(CN)c1ccc(C)o1. The first-order valence-electron chi connectivity index (χ1n) is 5.15. The van der Waals surface area contributed by atoms with Crippen LogP contribution in [0.1, 0.15) is 30.9 Å². The van der Waals surface area contributed by atoms with Gasteiger partial charge in [-0.2, -0.15) is 0 Å². The summed E-state index contributed by atoms with van der Waals surface area (Å²) in [6.45, 7) is 5.76. The molecule has 0 aromatic carbocycles. The first kappa shape index (κ1) is 11.3. The van der Waals surface area contributed by atoms with Crippen molar-refractivity contribution in [3.8, 4) is 0 Å². The van der Waals surface area contributed by atoms with E-state index in [2.05, 4.69) is 18.9 Å². The minimum atomic E-state index is 0.212. The van der Waals surface area contributed by atoms with E-state index in [1.54, 1.807) is 0 Å². The van der Waals surface area contributed by atoms with Gasteiger partial charge in [0.05, 0.1) is 6.04 Å². The zero-order chi connectivity index (χ0) is 10.6. The predicted octanol–water partition coefficient (Wildman–Crippen LogP) is 1.93. The normalized spacial score (nSPS) is 13.5. The highest BCUT2D eigenvalue weighted by molar-refractivity contribution is 5.10. The number of hydrogen-bond acceptors (Lipinski definition) is 3. The molecule has 80 valence electrons. The summed E-state index contributed by atoms with van der Waals surface area (Å²) in [7, 11) is 2.08. The standard InChI is InChI=1S/C11H20N2O/c1-4-7-13(3)10(8-12)11-6-5-9(2)14-11/h5-6,10H,4,7-8,12H2,1-3H3. The molecule has 0 aliphatic rings. The molecule has 0 fully saturated rings. The van der Waals surface area contributed by atoms with Crippen molar-refractivity contribution in [2.24, 2.45) is 5.73 Å². The van der Waals surface area contributed by atoms with Gasteiger partial charge in [0, 0.05) is 6.54 Å². The number of likely N-dealkylation sites (N-methyl/N-ethyl adjacent to an activating group) is 1. The Kier molecular flexibility index (Phi) is 4.17. The van der Waals surface area contributed by atoms with Crippen LogP contribution in [-0.2, 0) is 0 Å². The van der Waals surface area contributed by atoms with Crippen LogP contribution in [0.3, 0.4) is 0 Å². The fraction of sp³-hybridized carbons (Fsp3) is 0.636. The molecule has 0 radical (unpaired) electrons. The van der Waals surface area contributed by atoms with Crippen molar-refractivity contribution < 1.29 is 4.42 Å². The molecule has 0 amide bonds. The van der Waals surface area contributed by atoms with Gasteiger partial charge >= 0.3 is 0 Å². The first-order chi connectivity index (χ1) is 6.69. The largest absolute Gasteiger partial charge is 0.465 e. The van der Waals surface area contributed by atoms with Crippen LogP contribution in [0, 0.1) is 6.92 Å². The van der Waals surface area contributed by atoms with Gasteiger partial charge in [-0.25, -0.2) is 0 Å². The first-order valence-corrected chi connectivity index (χ1v) is 5.15. The van der Waals surface area contributed by atoms with Gasteiger partial charge in [-0.3, -0.25) is 4.90 Å². The van der Waals surface area contributed by atoms with E-state index in [0.717, 1.165) is 24.5 Å². The number of nitrogens with two attached hydrogens (primary N) is 1. The molecular formula is C11H20N2O. The monoisotopic (exact) mass is 196 g/mol. The van der Waals surface area contributed by atoms with Gasteiger partial charge in [-0.1, -0.05) is 6.92 Å². The van der Waals surface area contributed by atoms with Crippen LogP contribution >= 0.6 is 0 Å². The van der Waals surface area contributed by atoms with E-state index in [4.69, 9.17) is 10.2 Å². The van der Waals surface area contributed by atoms with E-state index in [0.29, 0.717) is 6.54 Å². The Bertz CT molecular complexity index is 270. The second-order valence-corrected chi connectivity index (χ2v) is 3.68. The molecule has 1 rings (SSSR count). The fourth-order valence-corrected chi connectivity index (χ4v) is 1.65. The zero-order valence-electron chi connectivity index (χ0n) is 9.29. The quantitative estimate of drug-likeness (QED) is 0.782. The van der Waals surface area contributed by atoms with Crippen molar-refractivity contribution >= 4 is 0 Å². The topological polar surface area (TPSA) is 42.4 Å². The van der Waals surface area contributed by atoms with Crippen LogP contribution in [-0.4, -0.2) is 25.0 Å². The third-order valence-corrected chi connectivity index (χ3v) is 2.42. The van der Waals surface area contributed by atoms with Gasteiger partial charge in [0.25, 0.3) is 0 Å². The Balaban J connectivity index is 2.71. The summed E-state index contributed by atoms with van der Waals surface area (Å²) >= 11 is 0. The van der Waals surface area contributed by atoms with Crippen LogP contribution in [0.4, 0.5) is 0 Å². The fourth-order valence-electron chi connectivity index (χ4n) is 1.65. The van der Waals surface area contributed by atoms with Crippen molar-refractivity contribution in [2.45, 2.75) is 26.3 Å². The summed E-state index contributed by atoms with van der Waals surface area (Å²) < 4.78 is 5.58. The summed E-state index contributed by atoms with van der Waals surface area (Å²) in [5.74, 6) is 1.92. The van der Waals surface area contributed by atoms with E-state index in [1.165, 1.54) is 0 Å². The maximum Gasteiger partial charge on any atom is 0.122 e. The Morgan fingerprint density at radius 1 is 1.50 bits per heavy atom. The minimum absolute atomic E-state index is 0.212. The molecule has 1 heterocycles. The number of furan rings is 1. The van der Waals surface area contributed by atoms with E-state index in [9.17, 15) is 0 Å². The molecule has 0 bridgehead atoms. The van der Waals surface area contributed by atoms with Crippen LogP contribution in [0.15, 0.2) is 16.5 Å². The molecule has 3 nitrogen and oxygen atoms in total. The van der Waals surface area contributed by atoms with Gasteiger partial charge in [0.15, 0.2) is 0 Å². The Labute approximate surface area is 85.9 Å². The number of hydrogen-bond donors (Lipinski definition) is 1. The molecular weight excluding hydrogens is 176 g/mol. The van der Waals surface area contributed by atoms with Crippen molar-refractivity contribution in [1.82, 2.24) is 4.90 Å². The molecule has 0 aliphatic heterocycles. The predicted molar refractivity (Wildman–Crippen MR) is 58.2 cm³/mol. The highest BCUT2D eigenvalue weighted by atomic mass is 16.3. The zero-order valence-corrected chi connectivity index (χ0v) is 9.29. The van der Waals surface area contributed by atoms with E-state index < -0.39 is 0 Å². The average molecular weight is 196 g/mol. The molecule has 3 heteroatoms. The van der Waals surface area contributed by atoms with Crippen LogP contribution in [0.25, 0.3) is 0 Å². The summed E-state index contributed by atoms with van der Waals surface area (Å²) in [5.41, 5.74) is 5.74. The molecule has 0 saturated carbocycles. The van der Waals surface area contributed by atoms with Gasteiger partial charge < -0.3 is 10.2 Å². The highest BCUT2D eigenvalue weighted by Crippen LogP contribution is 2.20. The average Bonchev–Trinajstić information content (AvgIpc) is 2.54. The molecule has 0 spiro atoms. The van der Waals surface area contributed by atoms with Crippen molar-refractivity contribution in [1.29, 1.82) is 0 Å². The lowest BCUT2D eigenvalue weighted by Gasteiger charge is -2.24. The maximum atomic E-state index is 5.74. The molecule has 14 heavy (non-hydrogen) atoms. The lowest BCUT2D eigenvalue weighted by molar-refractivity contribution is 0.219. The van der Waals surface area contributed by atoms with Gasteiger partial charge in [-0.05, 0) is 39.1 Å². The molecule has 1 aromatic heterocycles. The summed E-state index contributed by atoms with van der Waals surface area (Å²) in [5, 5.41) is 0. The lowest BCUT2D eigenvalue weighted by Crippen LogP contribution is -2.30. The Morgan fingerprint density at radius 2 is 2.21 bits per heavy atom. The van der Waals surface area contributed by atoms with Crippen LogP contribution in [0.5, 0.6) is 0 Å². The van der Waals surface area contributed by atoms with E-state index in [1.807, 2.05) is 19.1 Å². The third-order valence-electron chi connectivity index (χ3n) is 2.42. The number of rotatable bonds is 5. The molecule has 2 N–H and O–H groups in total. The lowest BCUT2D eigenvalue weighted by atomic mass is 10.2. The summed E-state index contributed by atoms with van der Waals surface area (Å²) in [6.07, 6.45) is 1.13. The Hall–Kier alpha value is -0.800. The second kappa shape index (κ2) is 5.17. The number of nitrogens with zero attached hydrogens (tertiary/aromatic N) is 1. The number of aryl methyl sites for hydroxylation is 1. The van der Waals surface area contributed by atoms with Gasteiger partial charge in [0.1, 0.15) is 11.5 Å². The van der Waals surface area contributed by atoms with Crippen molar-refractivity contribution in [2.75, 3.05) is 20.1 Å². The van der Waals surface area contributed by atoms with Crippen molar-refractivity contribution in [3.05, 3.63) is 23.7 Å². The Morgan fingerprint density at radius 3 is 2.64 bits per heavy atom. The minimum Gasteiger partial charge on any atom is -0.465 e. The molecule has 1 aromatic rings. The third kappa shape index (κ3) is 2.59. The molecule has 0 aliphatic carbocycles. The van der Waals surface area contributed by atoms with E-state index in [-0.39, 0.29) is 6.04 Å². The van der Waals surface area contributed by atoms with Crippen LogP contribution < -0.4 is 5.73 Å². The van der Waals surface area contributed by atoms with Gasteiger partial charge in [0.2, 0.25) is 0 Å². The smallest absolute Gasteiger partial charge is 0.122 e. The second-order valence-electron chi connectivity index (χ2n) is 3.68.